The van der Waals surface area contributed by atoms with Crippen LogP contribution in [-0.2, 0) is 9.59 Å². The van der Waals surface area contributed by atoms with Gasteiger partial charge in [-0.1, -0.05) is 169 Å². The smallest absolute Gasteiger partial charge is 0.222 e. The highest BCUT2D eigenvalue weighted by Crippen LogP contribution is 2.14. The highest BCUT2D eigenvalue weighted by Gasteiger charge is 2.15. The van der Waals surface area contributed by atoms with Crippen molar-refractivity contribution in [2.24, 2.45) is 0 Å². The zero-order valence-corrected chi connectivity index (χ0v) is 35.9. The molecule has 0 aliphatic carbocycles. The van der Waals surface area contributed by atoms with Gasteiger partial charge in [0.1, 0.15) is 0 Å². The highest BCUT2D eigenvalue weighted by atomic mass is 16.3. The summed E-state index contributed by atoms with van der Waals surface area (Å²) in [5.74, 6) is 0.725. The minimum Gasteiger partial charge on any atom is -0.395 e. The number of hydrogen-bond acceptors (Lipinski definition) is 4. The van der Waals surface area contributed by atoms with E-state index in [1.54, 1.807) is 0 Å². The van der Waals surface area contributed by atoms with Crippen LogP contribution in [-0.4, -0.2) is 84.0 Å². The molecule has 0 aliphatic rings. The first-order chi connectivity index (χ1) is 25.5. The molecule has 6 nitrogen and oxygen atoms in total. The molecule has 0 aromatic carbocycles. The van der Waals surface area contributed by atoms with E-state index in [4.69, 9.17) is 0 Å². The van der Waals surface area contributed by atoms with Crippen molar-refractivity contribution in [3.05, 3.63) is 0 Å². The van der Waals surface area contributed by atoms with Crippen molar-refractivity contribution < 1.29 is 14.7 Å². The molecule has 0 spiro atoms. The summed E-state index contributed by atoms with van der Waals surface area (Å²) in [5.41, 5.74) is 0. The minimum absolute atomic E-state index is 0.189. The van der Waals surface area contributed by atoms with Crippen molar-refractivity contribution in [3.63, 3.8) is 0 Å². The average Bonchev–Trinajstić information content (AvgIpc) is 3.14. The van der Waals surface area contributed by atoms with Gasteiger partial charge in [-0.05, 0) is 64.5 Å². The van der Waals surface area contributed by atoms with Gasteiger partial charge in [0.2, 0.25) is 11.8 Å². The van der Waals surface area contributed by atoms with Gasteiger partial charge >= 0.3 is 0 Å². The molecule has 0 fully saturated rings. The molecule has 1 N–H and O–H groups in total. The molecule has 0 radical (unpaired) electrons. The van der Waals surface area contributed by atoms with E-state index in [1.807, 2.05) is 0 Å². The molecule has 0 rings (SSSR count). The Morgan fingerprint density at radius 3 is 0.865 bits per heavy atom. The van der Waals surface area contributed by atoms with Crippen LogP contribution in [0.3, 0.4) is 0 Å². The van der Waals surface area contributed by atoms with Gasteiger partial charge in [-0.2, -0.15) is 0 Å². The van der Waals surface area contributed by atoms with Crippen molar-refractivity contribution in [1.82, 2.24) is 14.7 Å². The zero-order valence-electron chi connectivity index (χ0n) is 35.9. The monoisotopic (exact) mass is 736 g/mol. The van der Waals surface area contributed by atoms with Gasteiger partial charge in [-0.25, -0.2) is 0 Å². The fourth-order valence-corrected chi connectivity index (χ4v) is 7.42. The molecule has 6 heteroatoms. The van der Waals surface area contributed by atoms with Crippen LogP contribution in [0.25, 0.3) is 0 Å². The van der Waals surface area contributed by atoms with E-state index >= 15 is 0 Å². The maximum absolute atomic E-state index is 13.2. The second-order valence-corrected chi connectivity index (χ2v) is 16.0. The van der Waals surface area contributed by atoms with Gasteiger partial charge in [0.15, 0.2) is 0 Å². The van der Waals surface area contributed by atoms with Crippen molar-refractivity contribution in [1.29, 1.82) is 0 Å². The van der Waals surface area contributed by atoms with Crippen molar-refractivity contribution in [3.8, 4) is 0 Å². The lowest BCUT2D eigenvalue weighted by Gasteiger charge is -2.24. The second-order valence-electron chi connectivity index (χ2n) is 16.0. The van der Waals surface area contributed by atoms with Crippen LogP contribution in [0.4, 0.5) is 0 Å². The summed E-state index contributed by atoms with van der Waals surface area (Å²) >= 11 is 0. The van der Waals surface area contributed by atoms with Crippen LogP contribution >= 0.6 is 0 Å². The third kappa shape index (κ3) is 33.4. The Hall–Kier alpha value is -1.14. The Balaban J connectivity index is 4.49. The fourth-order valence-electron chi connectivity index (χ4n) is 7.42. The first-order valence-corrected chi connectivity index (χ1v) is 23.4. The van der Waals surface area contributed by atoms with Crippen LogP contribution in [0.15, 0.2) is 0 Å². The van der Waals surface area contributed by atoms with Crippen LogP contribution in [0.5, 0.6) is 0 Å². The number of aliphatic hydroxyl groups is 1. The van der Waals surface area contributed by atoms with Gasteiger partial charge in [0.25, 0.3) is 0 Å². The molecule has 0 unspecified atom stereocenters. The van der Waals surface area contributed by atoms with Crippen molar-refractivity contribution >= 4 is 11.8 Å². The van der Waals surface area contributed by atoms with Crippen LogP contribution in [0, 0.1) is 0 Å². The zero-order chi connectivity index (χ0) is 38.2. The third-order valence-corrected chi connectivity index (χ3v) is 11.0. The summed E-state index contributed by atoms with van der Waals surface area (Å²) in [4.78, 5) is 33.2. The molecule has 0 atom stereocenters. The molecule has 0 aromatic heterocycles. The number of unbranched alkanes of at least 4 members (excludes halogenated alkanes) is 24. The Morgan fingerprint density at radius 2 is 0.577 bits per heavy atom. The number of nitrogens with zero attached hydrogens (tertiary/aromatic N) is 3. The highest BCUT2D eigenvalue weighted by molar-refractivity contribution is 5.76. The molecule has 0 aromatic rings. The van der Waals surface area contributed by atoms with Gasteiger partial charge in [-0.15, -0.1) is 0 Å². The first-order valence-electron chi connectivity index (χ1n) is 23.4. The second kappa shape index (κ2) is 41.0. The normalized spacial score (nSPS) is 11.5. The quantitative estimate of drug-likeness (QED) is 0.0634. The van der Waals surface area contributed by atoms with Gasteiger partial charge < -0.3 is 19.8 Å². The number of aliphatic hydroxyl groups excluding tert-OH is 1. The van der Waals surface area contributed by atoms with Crippen molar-refractivity contribution in [2.75, 3.05) is 52.4 Å². The Morgan fingerprint density at radius 1 is 0.327 bits per heavy atom. The van der Waals surface area contributed by atoms with Crippen LogP contribution < -0.4 is 0 Å². The molecule has 0 saturated heterocycles. The van der Waals surface area contributed by atoms with E-state index in [0.717, 1.165) is 103 Å². The predicted molar refractivity (Wildman–Crippen MR) is 227 cm³/mol. The number of rotatable bonds is 42. The lowest BCUT2D eigenvalue weighted by Crippen LogP contribution is -2.33. The number of hydrogen-bond donors (Lipinski definition) is 1. The molecule has 2 amide bonds. The molecule has 0 saturated carbocycles. The van der Waals surface area contributed by atoms with E-state index in [2.05, 4.69) is 42.4 Å². The number of carbonyl (C=O) groups excluding carboxylic acids is 2. The first kappa shape index (κ1) is 50.9. The van der Waals surface area contributed by atoms with E-state index < -0.39 is 0 Å². The van der Waals surface area contributed by atoms with E-state index in [1.165, 1.54) is 128 Å². The van der Waals surface area contributed by atoms with E-state index in [0.29, 0.717) is 31.2 Å². The molecular formula is C46H93N3O3. The molecule has 0 bridgehead atoms. The number of amides is 2. The molecule has 0 heterocycles. The standard InChI is InChI=1S/C46H93N3O3/c1-5-9-13-17-21-31-39-48(40-32-22-18-14-10-6-2)45(51)35-27-25-29-37-47(43-44-50)38-30-26-28-36-46(52)49(41-33-23-19-15-11-7-3)42-34-24-20-16-12-8-4/h50H,5-44H2,1-4H3. The summed E-state index contributed by atoms with van der Waals surface area (Å²) in [5, 5.41) is 9.69. The number of carbonyl (C=O) groups is 2. The molecular weight excluding hydrogens is 643 g/mol. The summed E-state index contributed by atoms with van der Waals surface area (Å²) in [6, 6.07) is 0. The van der Waals surface area contributed by atoms with Gasteiger partial charge in [0.05, 0.1) is 6.61 Å². The largest absolute Gasteiger partial charge is 0.395 e. The topological polar surface area (TPSA) is 64.1 Å². The summed E-state index contributed by atoms with van der Waals surface area (Å²) < 4.78 is 0. The van der Waals surface area contributed by atoms with E-state index in [-0.39, 0.29) is 6.61 Å². The lowest BCUT2D eigenvalue weighted by molar-refractivity contribution is -0.132. The Labute approximate surface area is 326 Å². The Bertz CT molecular complexity index is 658. The lowest BCUT2D eigenvalue weighted by atomic mass is 10.1. The Kier molecular flexibility index (Phi) is 40.1. The minimum atomic E-state index is 0.189. The summed E-state index contributed by atoms with van der Waals surface area (Å²) in [6.45, 7) is 15.7. The van der Waals surface area contributed by atoms with E-state index in [9.17, 15) is 14.7 Å². The molecule has 0 aliphatic heterocycles. The van der Waals surface area contributed by atoms with Crippen LogP contribution in [0.1, 0.15) is 233 Å². The summed E-state index contributed by atoms with van der Waals surface area (Å²) in [6.07, 6.45) is 38.0. The predicted octanol–water partition coefficient (Wildman–Crippen LogP) is 12.5. The van der Waals surface area contributed by atoms with Crippen molar-refractivity contribution in [2.45, 2.75) is 233 Å². The maximum atomic E-state index is 13.2. The average molecular weight is 736 g/mol. The fraction of sp³-hybridized carbons (Fsp3) is 0.957. The van der Waals surface area contributed by atoms with Gasteiger partial charge in [0, 0.05) is 45.6 Å². The third-order valence-electron chi connectivity index (χ3n) is 11.0. The van der Waals surface area contributed by atoms with Gasteiger partial charge in [-0.3, -0.25) is 9.59 Å². The molecule has 310 valence electrons. The SMILES string of the molecule is CCCCCCCCN(CCCCCCCC)C(=O)CCCCCN(CCO)CCCCCC(=O)N(CCCCCCCC)CCCCCCCC. The maximum Gasteiger partial charge on any atom is 0.222 e. The summed E-state index contributed by atoms with van der Waals surface area (Å²) in [7, 11) is 0. The molecule has 52 heavy (non-hydrogen) atoms. The van der Waals surface area contributed by atoms with Crippen LogP contribution in [0.2, 0.25) is 0 Å².